The van der Waals surface area contributed by atoms with Gasteiger partial charge in [0.15, 0.2) is 5.82 Å². The largest absolute Gasteiger partial charge is 0.264 e. The van der Waals surface area contributed by atoms with Crippen molar-refractivity contribution < 1.29 is 0 Å². The summed E-state index contributed by atoms with van der Waals surface area (Å²) in [7, 11) is 0. The molecule has 0 radical (unpaired) electrons. The van der Waals surface area contributed by atoms with Crippen molar-refractivity contribution in [3.05, 3.63) is 146 Å². The maximum atomic E-state index is 5.12. The van der Waals surface area contributed by atoms with Crippen LogP contribution in [-0.2, 0) is 0 Å². The Morgan fingerprint density at radius 3 is 1.93 bits per heavy atom. The van der Waals surface area contributed by atoms with Crippen LogP contribution < -0.4 is 0 Å². The predicted octanol–water partition coefficient (Wildman–Crippen LogP) is 8.70. The Hall–Kier alpha value is -6.14. The van der Waals surface area contributed by atoms with Gasteiger partial charge in [0.1, 0.15) is 11.4 Å². The van der Waals surface area contributed by atoms with Gasteiger partial charge in [-0.25, -0.2) is 19.9 Å². The van der Waals surface area contributed by atoms with Crippen LogP contribution in [0.4, 0.5) is 0 Å². The number of rotatable bonds is 5. The van der Waals surface area contributed by atoms with Crippen LogP contribution in [0.25, 0.3) is 78.4 Å². The number of aromatic nitrogens is 6. The minimum Gasteiger partial charge on any atom is -0.264 e. The zero-order valence-electron chi connectivity index (χ0n) is 23.5. The minimum atomic E-state index is 0.630. The van der Waals surface area contributed by atoms with Crippen molar-refractivity contribution in [2.75, 3.05) is 0 Å². The van der Waals surface area contributed by atoms with E-state index >= 15 is 0 Å². The summed E-state index contributed by atoms with van der Waals surface area (Å²) in [4.78, 5) is 29.1. The van der Waals surface area contributed by atoms with Crippen molar-refractivity contribution >= 4 is 21.9 Å². The van der Waals surface area contributed by atoms with Gasteiger partial charge in [0.05, 0.1) is 27.9 Å². The maximum absolute atomic E-state index is 5.12. The van der Waals surface area contributed by atoms with Crippen molar-refractivity contribution in [2.45, 2.75) is 0 Å². The molecule has 0 unspecified atom stereocenters. The van der Waals surface area contributed by atoms with Gasteiger partial charge in [-0.3, -0.25) is 9.97 Å². The van der Waals surface area contributed by atoms with Crippen molar-refractivity contribution in [2.24, 2.45) is 0 Å². The first-order chi connectivity index (χ1) is 21.8. The Labute approximate surface area is 253 Å². The lowest BCUT2D eigenvalue weighted by Crippen LogP contribution is -1.98. The molecule has 4 aromatic heterocycles. The number of fused-ring (bicyclic) bond motifs is 2. The van der Waals surface area contributed by atoms with Crippen molar-refractivity contribution in [1.29, 1.82) is 0 Å². The average Bonchev–Trinajstić information content (AvgIpc) is 3.11. The van der Waals surface area contributed by atoms with Gasteiger partial charge in [0.2, 0.25) is 0 Å². The van der Waals surface area contributed by atoms with Crippen LogP contribution in [0.3, 0.4) is 0 Å². The molecule has 4 aromatic carbocycles. The average molecular weight is 565 g/mol. The molecule has 0 aliphatic heterocycles. The summed E-state index contributed by atoms with van der Waals surface area (Å²) in [5.74, 6) is 0.630. The number of para-hydroxylation sites is 1. The van der Waals surface area contributed by atoms with Crippen LogP contribution in [-0.4, -0.2) is 29.9 Å². The van der Waals surface area contributed by atoms with Crippen molar-refractivity contribution in [1.82, 2.24) is 29.9 Å². The van der Waals surface area contributed by atoms with Gasteiger partial charge in [-0.15, -0.1) is 0 Å². The van der Waals surface area contributed by atoms with Crippen LogP contribution in [0, 0.1) is 0 Å². The van der Waals surface area contributed by atoms with Gasteiger partial charge in [0, 0.05) is 40.7 Å². The molecule has 44 heavy (non-hydrogen) atoms. The Bertz CT molecular complexity index is 2250. The highest BCUT2D eigenvalue weighted by Gasteiger charge is 2.17. The van der Waals surface area contributed by atoms with Crippen molar-refractivity contribution in [3.63, 3.8) is 0 Å². The van der Waals surface area contributed by atoms with E-state index in [9.17, 15) is 0 Å². The topological polar surface area (TPSA) is 77.3 Å². The lowest BCUT2D eigenvalue weighted by Gasteiger charge is -2.12. The Morgan fingerprint density at radius 1 is 0.386 bits per heavy atom. The van der Waals surface area contributed by atoms with Gasteiger partial charge in [-0.05, 0) is 59.7 Å². The summed E-state index contributed by atoms with van der Waals surface area (Å²) in [6.45, 7) is 0. The first-order valence-electron chi connectivity index (χ1n) is 14.4. The molecule has 6 heteroatoms. The van der Waals surface area contributed by atoms with Crippen LogP contribution in [0.15, 0.2) is 146 Å². The van der Waals surface area contributed by atoms with Gasteiger partial charge in [-0.2, -0.15) is 0 Å². The molecular weight excluding hydrogens is 540 g/mol. The molecular formula is C38H24N6. The van der Waals surface area contributed by atoms with Gasteiger partial charge in [-0.1, -0.05) is 78.9 Å². The fourth-order valence-corrected chi connectivity index (χ4v) is 5.46. The maximum Gasteiger partial charge on any atom is 0.160 e. The van der Waals surface area contributed by atoms with Crippen LogP contribution in [0.2, 0.25) is 0 Å². The predicted molar refractivity (Wildman–Crippen MR) is 175 cm³/mol. The van der Waals surface area contributed by atoms with E-state index in [0.717, 1.165) is 61.3 Å². The zero-order chi connectivity index (χ0) is 29.3. The van der Waals surface area contributed by atoms with Crippen LogP contribution >= 0.6 is 0 Å². The SMILES string of the molecule is c1ccc(-c2ccc(-c3nc(-c4ccc5nc(-c6cccnc6)c(-c6ccccn6)nc5c4)nc4ccccc34)cc2)cc1. The molecule has 4 heterocycles. The van der Waals surface area contributed by atoms with E-state index in [1.54, 1.807) is 18.6 Å². The van der Waals surface area contributed by atoms with E-state index in [2.05, 4.69) is 64.6 Å². The second kappa shape index (κ2) is 10.9. The summed E-state index contributed by atoms with van der Waals surface area (Å²) in [5, 5.41) is 1.00. The summed E-state index contributed by atoms with van der Waals surface area (Å²) in [5.41, 5.74) is 10.6. The molecule has 0 bridgehead atoms. The highest BCUT2D eigenvalue weighted by Crippen LogP contribution is 2.33. The summed E-state index contributed by atoms with van der Waals surface area (Å²) < 4.78 is 0. The highest BCUT2D eigenvalue weighted by molar-refractivity contribution is 5.94. The van der Waals surface area contributed by atoms with E-state index in [0.29, 0.717) is 11.5 Å². The van der Waals surface area contributed by atoms with E-state index in [-0.39, 0.29) is 0 Å². The summed E-state index contributed by atoms with van der Waals surface area (Å²) in [6, 6.07) is 42.7. The van der Waals surface area contributed by atoms with E-state index in [1.807, 2.05) is 72.8 Å². The Kier molecular flexibility index (Phi) is 6.35. The molecule has 8 rings (SSSR count). The normalized spacial score (nSPS) is 11.2. The first-order valence-corrected chi connectivity index (χ1v) is 14.4. The minimum absolute atomic E-state index is 0.630. The third kappa shape index (κ3) is 4.74. The molecule has 0 aliphatic rings. The Balaban J connectivity index is 1.26. The fourth-order valence-electron chi connectivity index (χ4n) is 5.46. The van der Waals surface area contributed by atoms with Crippen LogP contribution in [0.5, 0.6) is 0 Å². The standard InChI is InChI=1S/C38H24N6/c1-2-9-25(10-3-1)26-15-17-27(18-16-26)35-30-12-4-5-13-31(30)43-38(44-35)28-19-20-32-34(23-28)42-37(33-14-6-7-22-40-33)36(41-32)29-11-8-21-39-24-29/h1-24H. The quantitative estimate of drug-likeness (QED) is 0.208. The summed E-state index contributed by atoms with van der Waals surface area (Å²) in [6.07, 6.45) is 5.31. The number of pyridine rings is 2. The van der Waals surface area contributed by atoms with Crippen molar-refractivity contribution in [3.8, 4) is 56.4 Å². The van der Waals surface area contributed by atoms with E-state index in [1.165, 1.54) is 5.56 Å². The fraction of sp³-hybridized carbons (Fsp3) is 0. The smallest absolute Gasteiger partial charge is 0.160 e. The molecule has 206 valence electrons. The third-order valence-electron chi connectivity index (χ3n) is 7.63. The Morgan fingerprint density at radius 2 is 1.11 bits per heavy atom. The summed E-state index contributed by atoms with van der Waals surface area (Å²) >= 11 is 0. The molecule has 0 N–H and O–H groups in total. The lowest BCUT2D eigenvalue weighted by molar-refractivity contribution is 1.21. The molecule has 0 atom stereocenters. The number of benzene rings is 4. The number of hydrogen-bond donors (Lipinski definition) is 0. The molecule has 0 saturated carbocycles. The van der Waals surface area contributed by atoms with Gasteiger partial charge in [0.25, 0.3) is 0 Å². The number of hydrogen-bond acceptors (Lipinski definition) is 6. The lowest BCUT2D eigenvalue weighted by atomic mass is 10.0. The molecule has 0 spiro atoms. The monoisotopic (exact) mass is 564 g/mol. The van der Waals surface area contributed by atoms with Crippen LogP contribution in [0.1, 0.15) is 0 Å². The molecule has 0 aliphatic carbocycles. The zero-order valence-corrected chi connectivity index (χ0v) is 23.5. The van der Waals surface area contributed by atoms with E-state index < -0.39 is 0 Å². The van der Waals surface area contributed by atoms with E-state index in [4.69, 9.17) is 19.9 Å². The highest BCUT2D eigenvalue weighted by atomic mass is 14.9. The molecule has 8 aromatic rings. The van der Waals surface area contributed by atoms with Gasteiger partial charge < -0.3 is 0 Å². The second-order valence-electron chi connectivity index (χ2n) is 10.4. The first kappa shape index (κ1) is 25.6. The third-order valence-corrected chi connectivity index (χ3v) is 7.63. The number of nitrogens with zero attached hydrogens (tertiary/aromatic N) is 6. The second-order valence-corrected chi connectivity index (χ2v) is 10.4. The molecule has 0 fully saturated rings. The molecule has 0 amide bonds. The molecule has 6 nitrogen and oxygen atoms in total. The van der Waals surface area contributed by atoms with Gasteiger partial charge >= 0.3 is 0 Å². The molecule has 0 saturated heterocycles.